The third-order valence-corrected chi connectivity index (χ3v) is 2.19. The zero-order valence-electron chi connectivity index (χ0n) is 9.05. The Morgan fingerprint density at radius 3 is 2.80 bits per heavy atom. The second kappa shape index (κ2) is 4.59. The van der Waals surface area contributed by atoms with Crippen molar-refractivity contribution in [2.75, 3.05) is 11.9 Å². The van der Waals surface area contributed by atoms with E-state index >= 15 is 0 Å². The fourth-order valence-electron chi connectivity index (χ4n) is 1.08. The van der Waals surface area contributed by atoms with Gasteiger partial charge in [0.2, 0.25) is 0 Å². The lowest BCUT2D eigenvalue weighted by Gasteiger charge is -2.23. The molecule has 0 aliphatic heterocycles. The van der Waals surface area contributed by atoms with E-state index in [0.717, 1.165) is 0 Å². The average molecular weight is 209 g/mol. The molecular weight excluding hydrogens is 194 g/mol. The molecule has 3 N–H and O–H groups in total. The highest BCUT2D eigenvalue weighted by Gasteiger charge is 2.14. The second-order valence-electron chi connectivity index (χ2n) is 3.46. The summed E-state index contributed by atoms with van der Waals surface area (Å²) in [5.74, 6) is 0.634. The number of rotatable bonds is 3. The predicted molar refractivity (Wildman–Crippen MR) is 58.1 cm³/mol. The molecule has 1 aromatic rings. The van der Waals surface area contributed by atoms with Crippen LogP contribution in [0.4, 0.5) is 5.82 Å². The molecule has 0 amide bonds. The fourth-order valence-corrected chi connectivity index (χ4v) is 1.08. The minimum atomic E-state index is 0.0346. The highest BCUT2D eigenvalue weighted by atomic mass is 16.4. The second-order valence-corrected chi connectivity index (χ2v) is 3.46. The molecule has 0 aromatic carbocycles. The van der Waals surface area contributed by atoms with E-state index in [4.69, 9.17) is 10.9 Å². The number of aromatic nitrogens is 2. The largest absolute Gasteiger partial charge is 0.409 e. The van der Waals surface area contributed by atoms with Gasteiger partial charge in [-0.15, -0.1) is 5.10 Å². The fraction of sp³-hybridized carbons (Fsp3) is 0.444. The molecule has 1 rings (SSSR count). The number of nitrogens with two attached hydrogens (primary N) is 1. The number of nitrogens with zero attached hydrogens (tertiary/aromatic N) is 4. The van der Waals surface area contributed by atoms with E-state index in [0.29, 0.717) is 11.4 Å². The molecule has 0 spiro atoms. The molecule has 0 aliphatic rings. The van der Waals surface area contributed by atoms with Crippen LogP contribution in [0.1, 0.15) is 19.4 Å². The van der Waals surface area contributed by atoms with Crippen LogP contribution in [-0.2, 0) is 0 Å². The quantitative estimate of drug-likeness (QED) is 0.326. The summed E-state index contributed by atoms with van der Waals surface area (Å²) in [6.07, 6.45) is 1.50. The summed E-state index contributed by atoms with van der Waals surface area (Å²) >= 11 is 0. The molecule has 0 saturated carbocycles. The number of amidine groups is 1. The Morgan fingerprint density at radius 1 is 1.60 bits per heavy atom. The third kappa shape index (κ3) is 2.34. The minimum Gasteiger partial charge on any atom is -0.409 e. The summed E-state index contributed by atoms with van der Waals surface area (Å²) in [7, 11) is 1.88. The van der Waals surface area contributed by atoms with Gasteiger partial charge in [0.1, 0.15) is 0 Å². The molecule has 6 nitrogen and oxygen atoms in total. The van der Waals surface area contributed by atoms with Gasteiger partial charge in [-0.1, -0.05) is 5.16 Å². The zero-order valence-corrected chi connectivity index (χ0v) is 9.05. The van der Waals surface area contributed by atoms with Gasteiger partial charge in [-0.3, -0.25) is 0 Å². The molecule has 0 unspecified atom stereocenters. The first kappa shape index (κ1) is 11.2. The molecule has 0 aliphatic carbocycles. The van der Waals surface area contributed by atoms with Gasteiger partial charge in [0.05, 0.1) is 11.8 Å². The monoisotopic (exact) mass is 209 g/mol. The molecule has 6 heteroatoms. The van der Waals surface area contributed by atoms with E-state index in [2.05, 4.69) is 15.4 Å². The Labute approximate surface area is 88.4 Å². The van der Waals surface area contributed by atoms with Gasteiger partial charge >= 0.3 is 0 Å². The highest BCUT2D eigenvalue weighted by molar-refractivity contribution is 6.01. The molecule has 1 heterocycles. The molecule has 0 atom stereocenters. The first-order valence-corrected chi connectivity index (χ1v) is 4.60. The van der Waals surface area contributed by atoms with E-state index in [1.807, 2.05) is 25.8 Å². The van der Waals surface area contributed by atoms with E-state index < -0.39 is 0 Å². The highest BCUT2D eigenvalue weighted by Crippen LogP contribution is 2.16. The lowest BCUT2D eigenvalue weighted by molar-refractivity contribution is 0.318. The standard InChI is InChI=1S/C9H15N5O/c1-6(2)14(3)9-7(8(10)13-15)4-5-11-12-9/h4-6,15H,1-3H3,(H2,10,13). The van der Waals surface area contributed by atoms with E-state index in [1.165, 1.54) is 6.20 Å². The smallest absolute Gasteiger partial charge is 0.173 e. The average Bonchev–Trinajstić information content (AvgIpc) is 2.27. The summed E-state index contributed by atoms with van der Waals surface area (Å²) in [4.78, 5) is 1.90. The van der Waals surface area contributed by atoms with E-state index in [1.54, 1.807) is 6.07 Å². The van der Waals surface area contributed by atoms with Crippen molar-refractivity contribution < 1.29 is 5.21 Å². The summed E-state index contributed by atoms with van der Waals surface area (Å²) in [5.41, 5.74) is 6.11. The van der Waals surface area contributed by atoms with Crippen LogP contribution in [0.2, 0.25) is 0 Å². The number of hydrogen-bond donors (Lipinski definition) is 2. The van der Waals surface area contributed by atoms with Gasteiger partial charge in [0.15, 0.2) is 11.7 Å². The van der Waals surface area contributed by atoms with Crippen LogP contribution in [0.3, 0.4) is 0 Å². The minimum absolute atomic E-state index is 0.0346. The van der Waals surface area contributed by atoms with Gasteiger partial charge in [0, 0.05) is 13.1 Å². The SMILES string of the molecule is CC(C)N(C)c1nnccc1/C(N)=N/O. The Balaban J connectivity index is 3.18. The van der Waals surface area contributed by atoms with Gasteiger partial charge in [-0.25, -0.2) is 0 Å². The normalized spacial score (nSPS) is 11.9. The van der Waals surface area contributed by atoms with Crippen LogP contribution in [0.25, 0.3) is 0 Å². The first-order chi connectivity index (χ1) is 7.07. The summed E-state index contributed by atoms with van der Waals surface area (Å²) in [5, 5.41) is 19.3. The van der Waals surface area contributed by atoms with Crippen LogP contribution < -0.4 is 10.6 Å². The molecule has 0 bridgehead atoms. The van der Waals surface area contributed by atoms with Crippen molar-refractivity contribution >= 4 is 11.7 Å². The van der Waals surface area contributed by atoms with Crippen LogP contribution in [0.5, 0.6) is 0 Å². The van der Waals surface area contributed by atoms with Crippen molar-refractivity contribution in [2.24, 2.45) is 10.9 Å². The zero-order chi connectivity index (χ0) is 11.4. The molecule has 82 valence electrons. The van der Waals surface area contributed by atoms with Crippen LogP contribution >= 0.6 is 0 Å². The summed E-state index contributed by atoms with van der Waals surface area (Å²) in [6.45, 7) is 4.04. The Kier molecular flexibility index (Phi) is 3.43. The maximum Gasteiger partial charge on any atom is 0.173 e. The molecular formula is C9H15N5O. The van der Waals surface area contributed by atoms with Crippen molar-refractivity contribution in [3.8, 4) is 0 Å². The van der Waals surface area contributed by atoms with Gasteiger partial charge in [0.25, 0.3) is 0 Å². The van der Waals surface area contributed by atoms with Gasteiger partial charge in [-0.2, -0.15) is 5.10 Å². The topological polar surface area (TPSA) is 87.6 Å². The van der Waals surface area contributed by atoms with Crippen molar-refractivity contribution in [1.29, 1.82) is 0 Å². The first-order valence-electron chi connectivity index (χ1n) is 4.60. The van der Waals surface area contributed by atoms with Crippen molar-refractivity contribution in [1.82, 2.24) is 10.2 Å². The van der Waals surface area contributed by atoms with Gasteiger partial charge in [-0.05, 0) is 19.9 Å². The maximum atomic E-state index is 8.63. The van der Waals surface area contributed by atoms with Crippen LogP contribution in [0, 0.1) is 0 Å². The Bertz CT molecular complexity index is 363. The van der Waals surface area contributed by atoms with Crippen molar-refractivity contribution in [2.45, 2.75) is 19.9 Å². The molecule has 0 fully saturated rings. The van der Waals surface area contributed by atoms with E-state index in [-0.39, 0.29) is 11.9 Å². The Hall–Kier alpha value is -1.85. The Morgan fingerprint density at radius 2 is 2.27 bits per heavy atom. The number of oxime groups is 1. The predicted octanol–water partition coefficient (Wildman–Crippen LogP) is 0.416. The molecule has 0 saturated heterocycles. The molecule has 15 heavy (non-hydrogen) atoms. The van der Waals surface area contributed by atoms with E-state index in [9.17, 15) is 0 Å². The third-order valence-electron chi connectivity index (χ3n) is 2.19. The summed E-state index contributed by atoms with van der Waals surface area (Å²) < 4.78 is 0. The lowest BCUT2D eigenvalue weighted by Crippen LogP contribution is -2.30. The van der Waals surface area contributed by atoms with Crippen LogP contribution in [-0.4, -0.2) is 34.3 Å². The molecule has 1 aromatic heterocycles. The number of hydrogen-bond acceptors (Lipinski definition) is 5. The summed E-state index contributed by atoms with van der Waals surface area (Å²) in [6, 6.07) is 1.92. The number of anilines is 1. The van der Waals surface area contributed by atoms with Gasteiger partial charge < -0.3 is 15.8 Å². The van der Waals surface area contributed by atoms with Crippen molar-refractivity contribution in [3.63, 3.8) is 0 Å². The maximum absolute atomic E-state index is 8.63. The van der Waals surface area contributed by atoms with Crippen LogP contribution in [0.15, 0.2) is 17.4 Å². The lowest BCUT2D eigenvalue weighted by atomic mass is 10.2. The molecule has 0 radical (unpaired) electrons. The van der Waals surface area contributed by atoms with Crippen molar-refractivity contribution in [3.05, 3.63) is 17.8 Å².